The summed E-state index contributed by atoms with van der Waals surface area (Å²) in [7, 11) is 1.66. The second kappa shape index (κ2) is 4.22. The lowest BCUT2D eigenvalue weighted by Crippen LogP contribution is -2.40. The maximum absolute atomic E-state index is 5.77. The smallest absolute Gasteiger partial charge is 0.200 e. The fourth-order valence-corrected chi connectivity index (χ4v) is 1.85. The van der Waals surface area contributed by atoms with Crippen molar-refractivity contribution < 1.29 is 9.15 Å². The summed E-state index contributed by atoms with van der Waals surface area (Å²) < 4.78 is 11.0. The predicted molar refractivity (Wildman–Crippen MR) is 64.1 cm³/mol. The molecule has 4 heteroatoms. The van der Waals surface area contributed by atoms with E-state index in [1.165, 1.54) is 0 Å². The molecule has 17 heavy (non-hydrogen) atoms. The molecule has 1 fully saturated rings. The van der Waals surface area contributed by atoms with E-state index in [4.69, 9.17) is 9.15 Å². The Balaban J connectivity index is 1.89. The van der Waals surface area contributed by atoms with Crippen LogP contribution in [0, 0.1) is 0 Å². The van der Waals surface area contributed by atoms with Gasteiger partial charge in [-0.05, 0) is 12.1 Å². The van der Waals surface area contributed by atoms with Crippen LogP contribution in [-0.2, 0) is 0 Å². The topological polar surface area (TPSA) is 47.3 Å². The number of hydrogen-bond donors (Lipinski definition) is 1. The van der Waals surface area contributed by atoms with E-state index in [9.17, 15) is 0 Å². The standard InChI is InChI=1S/C13H14N2O2/c1-16-11-4-2-3-9(5-11)12-8-15-13(17-12)10-6-14-7-10/h2-5,8,10,14H,6-7H2,1H3. The first-order valence-corrected chi connectivity index (χ1v) is 5.67. The van der Waals surface area contributed by atoms with Gasteiger partial charge in [0.2, 0.25) is 5.89 Å². The van der Waals surface area contributed by atoms with Crippen molar-refractivity contribution in [2.24, 2.45) is 0 Å². The van der Waals surface area contributed by atoms with Crippen molar-refractivity contribution in [3.05, 3.63) is 36.4 Å². The molecule has 3 rings (SSSR count). The third-order valence-electron chi connectivity index (χ3n) is 3.01. The van der Waals surface area contributed by atoms with Gasteiger partial charge in [-0.2, -0.15) is 0 Å². The molecule has 1 aromatic carbocycles. The van der Waals surface area contributed by atoms with Gasteiger partial charge in [0, 0.05) is 18.7 Å². The van der Waals surface area contributed by atoms with Crippen LogP contribution in [-0.4, -0.2) is 25.2 Å². The second-order valence-corrected chi connectivity index (χ2v) is 4.15. The molecule has 1 N–H and O–H groups in total. The van der Waals surface area contributed by atoms with Crippen LogP contribution < -0.4 is 10.1 Å². The Morgan fingerprint density at radius 2 is 2.29 bits per heavy atom. The molecule has 0 bridgehead atoms. The van der Waals surface area contributed by atoms with Gasteiger partial charge in [0.25, 0.3) is 0 Å². The van der Waals surface area contributed by atoms with Crippen LogP contribution in [0.15, 0.2) is 34.9 Å². The lowest BCUT2D eigenvalue weighted by molar-refractivity contribution is 0.361. The minimum Gasteiger partial charge on any atom is -0.497 e. The van der Waals surface area contributed by atoms with Crippen molar-refractivity contribution in [1.29, 1.82) is 0 Å². The molecule has 0 amide bonds. The average molecular weight is 230 g/mol. The summed E-state index contributed by atoms with van der Waals surface area (Å²) in [6, 6.07) is 7.80. The molecular weight excluding hydrogens is 216 g/mol. The highest BCUT2D eigenvalue weighted by molar-refractivity contribution is 5.58. The summed E-state index contributed by atoms with van der Waals surface area (Å²) in [6.07, 6.45) is 1.78. The van der Waals surface area contributed by atoms with E-state index in [0.717, 1.165) is 36.1 Å². The number of benzene rings is 1. The van der Waals surface area contributed by atoms with Crippen molar-refractivity contribution in [1.82, 2.24) is 10.3 Å². The summed E-state index contributed by atoms with van der Waals surface area (Å²) in [5, 5.41) is 3.21. The van der Waals surface area contributed by atoms with Gasteiger partial charge in [-0.1, -0.05) is 12.1 Å². The molecule has 0 radical (unpaired) electrons. The molecule has 2 aromatic rings. The lowest BCUT2D eigenvalue weighted by Gasteiger charge is -2.23. The molecule has 4 nitrogen and oxygen atoms in total. The number of ether oxygens (including phenoxy) is 1. The number of methoxy groups -OCH3 is 1. The summed E-state index contributed by atoms with van der Waals surface area (Å²) >= 11 is 0. The first-order chi connectivity index (χ1) is 8.36. The third kappa shape index (κ3) is 1.91. The number of nitrogens with one attached hydrogen (secondary N) is 1. The zero-order chi connectivity index (χ0) is 11.7. The van der Waals surface area contributed by atoms with E-state index in [1.54, 1.807) is 13.3 Å². The van der Waals surface area contributed by atoms with Crippen LogP contribution in [0.5, 0.6) is 5.75 Å². The van der Waals surface area contributed by atoms with Gasteiger partial charge in [-0.3, -0.25) is 0 Å². The zero-order valence-corrected chi connectivity index (χ0v) is 9.64. The van der Waals surface area contributed by atoms with Crippen molar-refractivity contribution in [3.8, 4) is 17.1 Å². The number of rotatable bonds is 3. The molecule has 0 atom stereocenters. The maximum atomic E-state index is 5.77. The Bertz CT molecular complexity index is 518. The fourth-order valence-electron chi connectivity index (χ4n) is 1.85. The highest BCUT2D eigenvalue weighted by Gasteiger charge is 2.24. The fraction of sp³-hybridized carbons (Fsp3) is 0.308. The van der Waals surface area contributed by atoms with E-state index in [-0.39, 0.29) is 0 Å². The van der Waals surface area contributed by atoms with E-state index in [0.29, 0.717) is 5.92 Å². The average Bonchev–Trinajstić information content (AvgIpc) is 2.76. The van der Waals surface area contributed by atoms with Gasteiger partial charge in [0.1, 0.15) is 5.75 Å². The van der Waals surface area contributed by atoms with Gasteiger partial charge in [0.05, 0.1) is 19.2 Å². The molecule has 0 aliphatic carbocycles. The third-order valence-corrected chi connectivity index (χ3v) is 3.01. The number of aromatic nitrogens is 1. The predicted octanol–water partition coefficient (Wildman–Crippen LogP) is 2.04. The second-order valence-electron chi connectivity index (χ2n) is 4.15. The van der Waals surface area contributed by atoms with Crippen LogP contribution in [0.2, 0.25) is 0 Å². The van der Waals surface area contributed by atoms with Crippen molar-refractivity contribution in [3.63, 3.8) is 0 Å². The lowest BCUT2D eigenvalue weighted by atomic mass is 10.0. The van der Waals surface area contributed by atoms with Crippen molar-refractivity contribution in [2.75, 3.05) is 20.2 Å². The van der Waals surface area contributed by atoms with Gasteiger partial charge in [-0.15, -0.1) is 0 Å². The van der Waals surface area contributed by atoms with E-state index >= 15 is 0 Å². The summed E-state index contributed by atoms with van der Waals surface area (Å²) in [4.78, 5) is 4.32. The van der Waals surface area contributed by atoms with Crippen molar-refractivity contribution in [2.45, 2.75) is 5.92 Å². The molecule has 2 heterocycles. The Morgan fingerprint density at radius 3 is 3.00 bits per heavy atom. The van der Waals surface area contributed by atoms with Crippen LogP contribution in [0.25, 0.3) is 11.3 Å². The minimum absolute atomic E-state index is 0.425. The quantitative estimate of drug-likeness (QED) is 0.876. The Labute approximate surface area is 99.6 Å². The van der Waals surface area contributed by atoms with Crippen LogP contribution in [0.3, 0.4) is 0 Å². The van der Waals surface area contributed by atoms with Crippen LogP contribution in [0.4, 0.5) is 0 Å². The number of hydrogen-bond acceptors (Lipinski definition) is 4. The molecular formula is C13H14N2O2. The highest BCUT2D eigenvalue weighted by Crippen LogP contribution is 2.27. The summed E-state index contributed by atoms with van der Waals surface area (Å²) in [6.45, 7) is 1.91. The normalized spacial score (nSPS) is 15.6. The molecule has 0 saturated carbocycles. The maximum Gasteiger partial charge on any atom is 0.200 e. The monoisotopic (exact) mass is 230 g/mol. The molecule has 0 unspecified atom stereocenters. The zero-order valence-electron chi connectivity index (χ0n) is 9.64. The van der Waals surface area contributed by atoms with Gasteiger partial charge < -0.3 is 14.5 Å². The number of oxazole rings is 1. The highest BCUT2D eigenvalue weighted by atomic mass is 16.5. The van der Waals surface area contributed by atoms with E-state index in [1.807, 2.05) is 24.3 Å². The van der Waals surface area contributed by atoms with Crippen molar-refractivity contribution >= 4 is 0 Å². The molecule has 1 aliphatic heterocycles. The van der Waals surface area contributed by atoms with E-state index < -0.39 is 0 Å². The number of nitrogens with zero attached hydrogens (tertiary/aromatic N) is 1. The SMILES string of the molecule is COc1cccc(-c2cnc(C3CNC3)o2)c1. The molecule has 1 saturated heterocycles. The largest absolute Gasteiger partial charge is 0.497 e. The van der Waals surface area contributed by atoms with E-state index in [2.05, 4.69) is 10.3 Å². The molecule has 0 spiro atoms. The van der Waals surface area contributed by atoms with Gasteiger partial charge >= 0.3 is 0 Å². The van der Waals surface area contributed by atoms with Crippen LogP contribution in [0.1, 0.15) is 11.8 Å². The molecule has 1 aliphatic rings. The molecule has 1 aromatic heterocycles. The Morgan fingerprint density at radius 1 is 1.41 bits per heavy atom. The Kier molecular flexibility index (Phi) is 2.57. The first kappa shape index (κ1) is 10.4. The van der Waals surface area contributed by atoms with Gasteiger partial charge in [-0.25, -0.2) is 4.98 Å². The first-order valence-electron chi connectivity index (χ1n) is 5.67. The van der Waals surface area contributed by atoms with Gasteiger partial charge in [0.15, 0.2) is 5.76 Å². The van der Waals surface area contributed by atoms with Crippen LogP contribution >= 0.6 is 0 Å². The summed E-state index contributed by atoms with van der Waals surface area (Å²) in [5.74, 6) is 2.87. The molecule has 88 valence electrons. The summed E-state index contributed by atoms with van der Waals surface area (Å²) in [5.41, 5.74) is 0.996. The Hall–Kier alpha value is -1.81. The minimum atomic E-state index is 0.425.